The topological polar surface area (TPSA) is 15.3 Å². The molecule has 2 aliphatic rings. The zero-order valence-electron chi connectivity index (χ0n) is 11.1. The van der Waals surface area contributed by atoms with E-state index in [9.17, 15) is 4.39 Å². The van der Waals surface area contributed by atoms with Crippen LogP contribution in [0.1, 0.15) is 31.2 Å². The molecule has 0 amide bonds. The van der Waals surface area contributed by atoms with Crippen LogP contribution in [0.25, 0.3) is 0 Å². The van der Waals surface area contributed by atoms with Gasteiger partial charge in [-0.2, -0.15) is 0 Å². The van der Waals surface area contributed by atoms with Crippen LogP contribution in [0.2, 0.25) is 0 Å². The molecule has 19 heavy (non-hydrogen) atoms. The standard InChI is InChI=1S/C15H20BrFN2/c16-13-7-12(8-14(17)9-13)10-19-6-5-18-11-15(19)3-1-2-4-15/h7-9,18H,1-6,10-11H2. The number of nitrogens with zero attached hydrogens (tertiary/aromatic N) is 1. The number of benzene rings is 1. The lowest BCUT2D eigenvalue weighted by molar-refractivity contribution is 0.0572. The number of hydrogen-bond donors (Lipinski definition) is 1. The smallest absolute Gasteiger partial charge is 0.124 e. The molecule has 2 nitrogen and oxygen atoms in total. The van der Waals surface area contributed by atoms with Gasteiger partial charge in [-0.25, -0.2) is 4.39 Å². The van der Waals surface area contributed by atoms with Gasteiger partial charge in [0.2, 0.25) is 0 Å². The van der Waals surface area contributed by atoms with E-state index in [0.29, 0.717) is 5.54 Å². The summed E-state index contributed by atoms with van der Waals surface area (Å²) < 4.78 is 14.3. The molecule has 104 valence electrons. The van der Waals surface area contributed by atoms with Gasteiger partial charge in [0.25, 0.3) is 0 Å². The normalized spacial score (nSPS) is 23.1. The molecule has 0 radical (unpaired) electrons. The highest BCUT2D eigenvalue weighted by Gasteiger charge is 2.40. The molecule has 1 aliphatic heterocycles. The maximum absolute atomic E-state index is 13.5. The second-order valence-corrected chi connectivity index (χ2v) is 6.72. The van der Waals surface area contributed by atoms with Crippen LogP contribution in [0, 0.1) is 5.82 Å². The summed E-state index contributed by atoms with van der Waals surface area (Å²) in [4.78, 5) is 2.57. The van der Waals surface area contributed by atoms with E-state index >= 15 is 0 Å². The average molecular weight is 327 g/mol. The predicted molar refractivity (Wildman–Crippen MR) is 78.6 cm³/mol. The number of halogens is 2. The molecule has 1 N–H and O–H groups in total. The van der Waals surface area contributed by atoms with Gasteiger partial charge in [-0.05, 0) is 36.6 Å². The van der Waals surface area contributed by atoms with Crippen LogP contribution in [-0.2, 0) is 6.54 Å². The predicted octanol–water partition coefficient (Wildman–Crippen LogP) is 3.31. The van der Waals surface area contributed by atoms with E-state index in [1.165, 1.54) is 31.7 Å². The Bertz CT molecular complexity index is 437. The number of hydrogen-bond acceptors (Lipinski definition) is 2. The van der Waals surface area contributed by atoms with Gasteiger partial charge in [0, 0.05) is 36.2 Å². The summed E-state index contributed by atoms with van der Waals surface area (Å²) in [5, 5.41) is 3.53. The van der Waals surface area contributed by atoms with Gasteiger partial charge >= 0.3 is 0 Å². The van der Waals surface area contributed by atoms with E-state index in [4.69, 9.17) is 0 Å². The Morgan fingerprint density at radius 3 is 2.79 bits per heavy atom. The van der Waals surface area contributed by atoms with Crippen LogP contribution in [0.4, 0.5) is 4.39 Å². The molecule has 1 aromatic rings. The van der Waals surface area contributed by atoms with Gasteiger partial charge in [-0.1, -0.05) is 28.8 Å². The van der Waals surface area contributed by atoms with Gasteiger partial charge in [0.05, 0.1) is 0 Å². The first kappa shape index (κ1) is 13.5. The summed E-state index contributed by atoms with van der Waals surface area (Å²) >= 11 is 3.38. The summed E-state index contributed by atoms with van der Waals surface area (Å²) in [6.45, 7) is 4.05. The fourth-order valence-electron chi connectivity index (χ4n) is 3.58. The summed E-state index contributed by atoms with van der Waals surface area (Å²) in [5.74, 6) is -0.153. The SMILES string of the molecule is Fc1cc(Br)cc(CN2CCNCC23CCCC3)c1. The number of rotatable bonds is 2. The molecule has 0 unspecified atom stereocenters. The number of nitrogens with one attached hydrogen (secondary N) is 1. The van der Waals surface area contributed by atoms with Crippen LogP contribution in [0.3, 0.4) is 0 Å². The van der Waals surface area contributed by atoms with Crippen molar-refractivity contribution in [3.8, 4) is 0 Å². The van der Waals surface area contributed by atoms with E-state index < -0.39 is 0 Å². The molecule has 4 heteroatoms. The van der Waals surface area contributed by atoms with Gasteiger partial charge in [0.1, 0.15) is 5.82 Å². The van der Waals surface area contributed by atoms with Crippen molar-refractivity contribution in [1.82, 2.24) is 10.2 Å². The third kappa shape index (κ3) is 2.86. The fourth-order valence-corrected chi connectivity index (χ4v) is 4.09. The van der Waals surface area contributed by atoms with Crippen LogP contribution >= 0.6 is 15.9 Å². The van der Waals surface area contributed by atoms with Crippen LogP contribution in [-0.4, -0.2) is 30.1 Å². The molecule has 1 heterocycles. The summed E-state index contributed by atoms with van der Waals surface area (Å²) in [7, 11) is 0. The molecule has 1 saturated heterocycles. The van der Waals surface area contributed by atoms with Gasteiger partial charge in [-0.15, -0.1) is 0 Å². The molecule has 0 bridgehead atoms. The Morgan fingerprint density at radius 2 is 2.05 bits per heavy atom. The van der Waals surface area contributed by atoms with E-state index in [1.54, 1.807) is 6.07 Å². The fraction of sp³-hybridized carbons (Fsp3) is 0.600. The van der Waals surface area contributed by atoms with Crippen molar-refractivity contribution in [2.75, 3.05) is 19.6 Å². The van der Waals surface area contributed by atoms with Crippen LogP contribution < -0.4 is 5.32 Å². The van der Waals surface area contributed by atoms with E-state index in [0.717, 1.165) is 36.2 Å². The minimum Gasteiger partial charge on any atom is -0.314 e. The Balaban J connectivity index is 1.80. The van der Waals surface area contributed by atoms with Crippen molar-refractivity contribution in [2.45, 2.75) is 37.8 Å². The summed E-state index contributed by atoms with van der Waals surface area (Å²) in [6, 6.07) is 5.22. The van der Waals surface area contributed by atoms with Gasteiger partial charge < -0.3 is 5.32 Å². The van der Waals surface area contributed by atoms with Gasteiger partial charge in [-0.3, -0.25) is 4.90 Å². The highest BCUT2D eigenvalue weighted by Crippen LogP contribution is 2.37. The molecule has 2 fully saturated rings. The summed E-state index contributed by atoms with van der Waals surface area (Å²) in [5.41, 5.74) is 1.39. The lowest BCUT2D eigenvalue weighted by Crippen LogP contribution is -2.59. The van der Waals surface area contributed by atoms with Gasteiger partial charge in [0.15, 0.2) is 0 Å². The van der Waals surface area contributed by atoms with Crippen LogP contribution in [0.5, 0.6) is 0 Å². The van der Waals surface area contributed by atoms with Crippen molar-refractivity contribution in [3.63, 3.8) is 0 Å². The minimum absolute atomic E-state index is 0.153. The molecule has 1 aromatic carbocycles. The van der Waals surface area contributed by atoms with Crippen molar-refractivity contribution < 1.29 is 4.39 Å². The first-order chi connectivity index (χ1) is 9.18. The molecule has 0 atom stereocenters. The molecule has 1 spiro atoms. The first-order valence-electron chi connectivity index (χ1n) is 7.09. The third-order valence-electron chi connectivity index (χ3n) is 4.51. The second-order valence-electron chi connectivity index (χ2n) is 5.81. The summed E-state index contributed by atoms with van der Waals surface area (Å²) in [6.07, 6.45) is 5.20. The Hall–Kier alpha value is -0.450. The maximum atomic E-state index is 13.5. The Kier molecular flexibility index (Phi) is 3.92. The minimum atomic E-state index is -0.153. The lowest BCUT2D eigenvalue weighted by atomic mass is 9.92. The average Bonchev–Trinajstić information content (AvgIpc) is 2.80. The zero-order valence-corrected chi connectivity index (χ0v) is 12.7. The monoisotopic (exact) mass is 326 g/mol. The number of piperazine rings is 1. The quantitative estimate of drug-likeness (QED) is 0.897. The lowest BCUT2D eigenvalue weighted by Gasteiger charge is -2.45. The Morgan fingerprint density at radius 1 is 1.26 bits per heavy atom. The molecular formula is C15H20BrFN2. The third-order valence-corrected chi connectivity index (χ3v) is 4.97. The highest BCUT2D eigenvalue weighted by atomic mass is 79.9. The molecule has 1 aliphatic carbocycles. The second kappa shape index (κ2) is 5.51. The van der Waals surface area contributed by atoms with E-state index in [1.807, 2.05) is 6.07 Å². The molecule has 3 rings (SSSR count). The van der Waals surface area contributed by atoms with Crippen molar-refractivity contribution in [1.29, 1.82) is 0 Å². The molecule has 0 aromatic heterocycles. The first-order valence-corrected chi connectivity index (χ1v) is 7.88. The molecular weight excluding hydrogens is 307 g/mol. The van der Waals surface area contributed by atoms with E-state index in [2.05, 4.69) is 26.1 Å². The Labute approximate surface area is 122 Å². The largest absolute Gasteiger partial charge is 0.314 e. The van der Waals surface area contributed by atoms with Crippen molar-refractivity contribution >= 4 is 15.9 Å². The van der Waals surface area contributed by atoms with E-state index in [-0.39, 0.29) is 5.82 Å². The molecule has 1 saturated carbocycles. The van der Waals surface area contributed by atoms with Crippen molar-refractivity contribution in [2.24, 2.45) is 0 Å². The zero-order chi connectivity index (χ0) is 13.3. The maximum Gasteiger partial charge on any atom is 0.124 e. The van der Waals surface area contributed by atoms with Crippen LogP contribution in [0.15, 0.2) is 22.7 Å². The van der Waals surface area contributed by atoms with Crippen molar-refractivity contribution in [3.05, 3.63) is 34.1 Å². The highest BCUT2D eigenvalue weighted by molar-refractivity contribution is 9.10.